The van der Waals surface area contributed by atoms with E-state index >= 15 is 0 Å². The zero-order valence-electron chi connectivity index (χ0n) is 14.2. The van der Waals surface area contributed by atoms with Gasteiger partial charge in [0.1, 0.15) is 5.82 Å². The summed E-state index contributed by atoms with van der Waals surface area (Å²) in [5.41, 5.74) is 1.27. The van der Waals surface area contributed by atoms with E-state index in [9.17, 15) is 14.3 Å². The third kappa shape index (κ3) is 3.66. The van der Waals surface area contributed by atoms with Crippen LogP contribution in [0, 0.1) is 5.82 Å². The standard InChI is InChI=1S/C20H22FNO3/c1-25-20(14-15-6-2-4-8-17(15)21)10-12-22(13-11-20)18-9-5-3-7-16(18)19(23)24/h2-9H,10-14H2,1H3,(H,23,24). The molecule has 1 saturated heterocycles. The molecule has 0 aliphatic carbocycles. The van der Waals surface area contributed by atoms with E-state index in [2.05, 4.69) is 4.90 Å². The Balaban J connectivity index is 1.76. The number of hydrogen-bond acceptors (Lipinski definition) is 3. The number of para-hydroxylation sites is 1. The number of ether oxygens (including phenoxy) is 1. The van der Waals surface area contributed by atoms with Crippen molar-refractivity contribution in [2.45, 2.75) is 24.9 Å². The van der Waals surface area contributed by atoms with Crippen molar-refractivity contribution in [3.05, 3.63) is 65.5 Å². The molecule has 132 valence electrons. The van der Waals surface area contributed by atoms with Crippen LogP contribution in [0.5, 0.6) is 0 Å². The van der Waals surface area contributed by atoms with Crippen LogP contribution in [0.2, 0.25) is 0 Å². The molecule has 2 aromatic rings. The number of methoxy groups -OCH3 is 1. The first-order chi connectivity index (χ1) is 12.0. The van der Waals surface area contributed by atoms with E-state index in [0.29, 0.717) is 43.5 Å². The Labute approximate surface area is 146 Å². The molecule has 0 atom stereocenters. The molecule has 2 aromatic carbocycles. The molecule has 0 spiro atoms. The lowest BCUT2D eigenvalue weighted by Crippen LogP contribution is -2.47. The SMILES string of the molecule is COC1(Cc2ccccc2F)CCN(c2ccccc2C(=O)O)CC1. The average molecular weight is 343 g/mol. The van der Waals surface area contributed by atoms with Gasteiger partial charge in [-0.2, -0.15) is 0 Å². The Hall–Kier alpha value is -2.40. The van der Waals surface area contributed by atoms with Crippen molar-refractivity contribution in [3.8, 4) is 0 Å². The van der Waals surface area contributed by atoms with Gasteiger partial charge in [0.25, 0.3) is 0 Å². The second-order valence-corrected chi connectivity index (χ2v) is 6.46. The summed E-state index contributed by atoms with van der Waals surface area (Å²) in [5.74, 6) is -1.14. The normalized spacial score (nSPS) is 16.6. The fourth-order valence-corrected chi connectivity index (χ4v) is 3.53. The number of halogens is 1. The maximum Gasteiger partial charge on any atom is 0.337 e. The molecule has 5 heteroatoms. The van der Waals surface area contributed by atoms with Crippen molar-refractivity contribution in [2.75, 3.05) is 25.1 Å². The van der Waals surface area contributed by atoms with Gasteiger partial charge < -0.3 is 14.7 Å². The smallest absolute Gasteiger partial charge is 0.337 e. The van der Waals surface area contributed by atoms with Crippen molar-refractivity contribution in [1.29, 1.82) is 0 Å². The molecule has 1 heterocycles. The molecule has 25 heavy (non-hydrogen) atoms. The van der Waals surface area contributed by atoms with Gasteiger partial charge in [-0.15, -0.1) is 0 Å². The van der Waals surface area contributed by atoms with Crippen molar-refractivity contribution in [1.82, 2.24) is 0 Å². The maximum absolute atomic E-state index is 14.0. The minimum absolute atomic E-state index is 0.211. The highest BCUT2D eigenvalue weighted by Crippen LogP contribution is 2.33. The number of carboxylic acids is 1. The summed E-state index contributed by atoms with van der Waals surface area (Å²) in [7, 11) is 1.67. The summed E-state index contributed by atoms with van der Waals surface area (Å²) in [5, 5.41) is 9.38. The largest absolute Gasteiger partial charge is 0.478 e. The molecule has 1 aliphatic rings. The summed E-state index contributed by atoms with van der Waals surface area (Å²) in [6.07, 6.45) is 1.95. The molecule has 0 unspecified atom stereocenters. The van der Waals surface area contributed by atoms with Crippen molar-refractivity contribution in [3.63, 3.8) is 0 Å². The summed E-state index contributed by atoms with van der Waals surface area (Å²) in [6.45, 7) is 1.35. The highest BCUT2D eigenvalue weighted by atomic mass is 19.1. The number of rotatable bonds is 5. The molecule has 3 rings (SSSR count). The van der Waals surface area contributed by atoms with Gasteiger partial charge in [0.2, 0.25) is 0 Å². The summed E-state index contributed by atoms with van der Waals surface area (Å²) >= 11 is 0. The fourth-order valence-electron chi connectivity index (χ4n) is 3.53. The lowest BCUT2D eigenvalue weighted by atomic mass is 9.84. The number of benzene rings is 2. The first kappa shape index (κ1) is 17.4. The third-order valence-corrected chi connectivity index (χ3v) is 5.05. The van der Waals surface area contributed by atoms with Crippen molar-refractivity contribution in [2.24, 2.45) is 0 Å². The molecule has 0 aromatic heterocycles. The molecule has 0 saturated carbocycles. The van der Waals surface area contributed by atoms with Gasteiger partial charge in [-0.1, -0.05) is 30.3 Å². The molecule has 0 amide bonds. The maximum atomic E-state index is 14.0. The van der Waals surface area contributed by atoms with Crippen LogP contribution < -0.4 is 4.90 Å². The Morgan fingerprint density at radius 2 is 1.80 bits per heavy atom. The van der Waals surface area contributed by atoms with Crippen LogP contribution in [0.3, 0.4) is 0 Å². The van der Waals surface area contributed by atoms with E-state index in [1.807, 2.05) is 18.2 Å². The van der Waals surface area contributed by atoms with Crippen LogP contribution in [0.25, 0.3) is 0 Å². The zero-order chi connectivity index (χ0) is 17.9. The minimum atomic E-state index is -0.925. The Kier molecular flexibility index (Phi) is 5.04. The Morgan fingerprint density at radius 1 is 1.16 bits per heavy atom. The van der Waals surface area contributed by atoms with E-state index in [0.717, 1.165) is 5.69 Å². The third-order valence-electron chi connectivity index (χ3n) is 5.05. The molecule has 4 nitrogen and oxygen atoms in total. The Morgan fingerprint density at radius 3 is 2.44 bits per heavy atom. The van der Waals surface area contributed by atoms with Gasteiger partial charge in [0, 0.05) is 26.6 Å². The van der Waals surface area contributed by atoms with E-state index in [1.54, 1.807) is 31.4 Å². The monoisotopic (exact) mass is 343 g/mol. The number of anilines is 1. The topological polar surface area (TPSA) is 49.8 Å². The second kappa shape index (κ2) is 7.23. The molecule has 0 radical (unpaired) electrons. The van der Waals surface area contributed by atoms with Gasteiger partial charge >= 0.3 is 5.97 Å². The quantitative estimate of drug-likeness (QED) is 0.898. The van der Waals surface area contributed by atoms with Crippen molar-refractivity contribution >= 4 is 11.7 Å². The molecular formula is C20H22FNO3. The first-order valence-electron chi connectivity index (χ1n) is 8.40. The Bertz CT molecular complexity index is 754. The first-order valence-corrected chi connectivity index (χ1v) is 8.40. The molecular weight excluding hydrogens is 321 g/mol. The summed E-state index contributed by atoms with van der Waals surface area (Å²) in [6, 6.07) is 13.8. The zero-order valence-corrected chi connectivity index (χ0v) is 14.2. The van der Waals surface area contributed by atoms with Crippen LogP contribution in [-0.2, 0) is 11.2 Å². The highest BCUT2D eigenvalue weighted by Gasteiger charge is 2.36. The van der Waals surface area contributed by atoms with E-state index in [-0.39, 0.29) is 5.82 Å². The van der Waals surface area contributed by atoms with Crippen LogP contribution in [0.4, 0.5) is 10.1 Å². The van der Waals surface area contributed by atoms with Crippen molar-refractivity contribution < 1.29 is 19.0 Å². The number of nitrogens with zero attached hydrogens (tertiary/aromatic N) is 1. The van der Waals surface area contributed by atoms with E-state index < -0.39 is 11.6 Å². The van der Waals surface area contributed by atoms with Crippen LogP contribution in [-0.4, -0.2) is 36.9 Å². The molecule has 0 bridgehead atoms. The fraction of sp³-hybridized carbons (Fsp3) is 0.350. The van der Waals surface area contributed by atoms with Crippen LogP contribution in [0.1, 0.15) is 28.8 Å². The minimum Gasteiger partial charge on any atom is -0.478 e. The van der Waals surface area contributed by atoms with Gasteiger partial charge in [-0.05, 0) is 36.6 Å². The second-order valence-electron chi connectivity index (χ2n) is 6.46. The van der Waals surface area contributed by atoms with Crippen LogP contribution >= 0.6 is 0 Å². The van der Waals surface area contributed by atoms with E-state index in [4.69, 9.17) is 4.74 Å². The van der Waals surface area contributed by atoms with Gasteiger partial charge in [0.05, 0.1) is 16.9 Å². The predicted molar refractivity (Wildman–Crippen MR) is 94.7 cm³/mol. The number of carbonyl (C=O) groups is 1. The molecule has 1 aliphatic heterocycles. The van der Waals surface area contributed by atoms with Gasteiger partial charge in [-0.3, -0.25) is 0 Å². The molecule has 1 N–H and O–H groups in total. The lowest BCUT2D eigenvalue weighted by molar-refractivity contribution is -0.0295. The lowest BCUT2D eigenvalue weighted by Gasteiger charge is -2.42. The van der Waals surface area contributed by atoms with Gasteiger partial charge in [0.15, 0.2) is 0 Å². The van der Waals surface area contributed by atoms with Gasteiger partial charge in [-0.25, -0.2) is 9.18 Å². The number of carboxylic acid groups (broad SMARTS) is 1. The number of aromatic carboxylic acids is 1. The number of hydrogen-bond donors (Lipinski definition) is 1. The highest BCUT2D eigenvalue weighted by molar-refractivity contribution is 5.94. The van der Waals surface area contributed by atoms with E-state index in [1.165, 1.54) is 6.07 Å². The van der Waals surface area contributed by atoms with Crippen LogP contribution in [0.15, 0.2) is 48.5 Å². The molecule has 1 fully saturated rings. The average Bonchev–Trinajstić information content (AvgIpc) is 2.64. The predicted octanol–water partition coefficient (Wildman–Crippen LogP) is 3.75. The number of piperidine rings is 1. The summed E-state index contributed by atoms with van der Waals surface area (Å²) < 4.78 is 19.8. The summed E-state index contributed by atoms with van der Waals surface area (Å²) in [4.78, 5) is 13.5.